The molecular weight excluding hydrogens is 1060 g/mol. The topological polar surface area (TPSA) is 16.3 Å². The van der Waals surface area contributed by atoms with Crippen LogP contribution >= 0.6 is 11.3 Å². The second kappa shape index (κ2) is 19.6. The summed E-state index contributed by atoms with van der Waals surface area (Å²) in [5.41, 5.74) is 25.3. The lowest BCUT2D eigenvalue weighted by Crippen LogP contribution is -2.61. The molecule has 0 atom stereocenters. The first kappa shape index (κ1) is 50.6. The zero-order chi connectivity index (χ0) is 57.4. The van der Waals surface area contributed by atoms with E-state index in [9.17, 15) is 0 Å². The normalized spacial score (nSPS) is 13.0. The van der Waals surface area contributed by atoms with Crippen LogP contribution in [0.25, 0.3) is 97.4 Å². The zero-order valence-corrected chi connectivity index (χ0v) is 49.5. The number of aromatic nitrogens is 2. The minimum atomic E-state index is -0.246. The van der Waals surface area contributed by atoms with Gasteiger partial charge in [0.15, 0.2) is 0 Å². The Labute approximate surface area is 506 Å². The van der Waals surface area contributed by atoms with Crippen molar-refractivity contribution in [3.05, 3.63) is 272 Å². The van der Waals surface area contributed by atoms with Crippen LogP contribution in [0.1, 0.15) is 51.7 Å². The van der Waals surface area contributed by atoms with Crippen LogP contribution in [-0.2, 0) is 11.8 Å². The van der Waals surface area contributed by atoms with Crippen molar-refractivity contribution in [3.8, 4) is 33.6 Å². The number of thiophene rings is 1. The molecule has 17 rings (SSSR count). The third-order valence-corrected chi connectivity index (χ3v) is 19.8. The molecule has 0 bridgehead atoms. The third-order valence-electron chi connectivity index (χ3n) is 18.6. The van der Waals surface area contributed by atoms with Crippen LogP contribution < -0.4 is 26.2 Å². The number of hydrogen-bond acceptors (Lipinski definition) is 3. The van der Waals surface area contributed by atoms with Crippen molar-refractivity contribution in [1.82, 2.24) is 9.13 Å². The van der Waals surface area contributed by atoms with Crippen LogP contribution in [0.4, 0.5) is 34.1 Å². The molecular formula is C80H61BN4S. The fraction of sp³-hybridized carbons (Fsp3) is 0.100. The number of anilines is 6. The molecule has 12 aromatic carbocycles. The van der Waals surface area contributed by atoms with E-state index in [-0.39, 0.29) is 12.1 Å². The summed E-state index contributed by atoms with van der Waals surface area (Å²) in [6.07, 6.45) is 3.15. The Morgan fingerprint density at radius 2 is 0.849 bits per heavy atom. The van der Waals surface area contributed by atoms with Crippen molar-refractivity contribution < 1.29 is 0 Å². The fourth-order valence-electron chi connectivity index (χ4n) is 14.7. The Kier molecular flexibility index (Phi) is 11.5. The molecule has 0 N–H and O–H groups in total. The van der Waals surface area contributed by atoms with E-state index >= 15 is 0 Å². The number of nitrogens with zero attached hydrogens (tertiary/aromatic N) is 4. The number of para-hydroxylation sites is 5. The van der Waals surface area contributed by atoms with E-state index in [2.05, 4.69) is 307 Å². The molecule has 0 radical (unpaired) electrons. The van der Waals surface area contributed by atoms with Crippen LogP contribution in [-0.4, -0.2) is 15.8 Å². The van der Waals surface area contributed by atoms with Gasteiger partial charge in [0.2, 0.25) is 0 Å². The number of rotatable bonds is 9. The quantitative estimate of drug-likeness (QED) is 0.134. The summed E-state index contributed by atoms with van der Waals surface area (Å²) in [5.74, 6) is 0. The monoisotopic (exact) mass is 1120 g/mol. The molecule has 86 heavy (non-hydrogen) atoms. The van der Waals surface area contributed by atoms with Gasteiger partial charge in [-0.15, -0.1) is 11.3 Å². The highest BCUT2D eigenvalue weighted by molar-refractivity contribution is 7.26. The van der Waals surface area contributed by atoms with Gasteiger partial charge in [-0.25, -0.2) is 0 Å². The van der Waals surface area contributed by atoms with Gasteiger partial charge in [-0.2, -0.15) is 0 Å². The van der Waals surface area contributed by atoms with Crippen molar-refractivity contribution in [3.63, 3.8) is 0 Å². The van der Waals surface area contributed by atoms with Crippen LogP contribution in [0, 0.1) is 0 Å². The molecule has 15 aromatic rings. The van der Waals surface area contributed by atoms with Gasteiger partial charge >= 0.3 is 0 Å². The first-order valence-corrected chi connectivity index (χ1v) is 31.3. The second-order valence-electron chi connectivity index (χ2n) is 24.6. The highest BCUT2D eigenvalue weighted by Crippen LogP contribution is 2.54. The Bertz CT molecular complexity index is 5070. The lowest BCUT2D eigenvalue weighted by Gasteiger charge is -2.46. The average Bonchev–Trinajstić information content (AvgIpc) is 0.846. The summed E-state index contributed by atoms with van der Waals surface area (Å²) in [6, 6.07) is 98.8. The predicted molar refractivity (Wildman–Crippen MR) is 370 cm³/mol. The molecule has 0 spiro atoms. The van der Waals surface area contributed by atoms with Crippen molar-refractivity contribution in [2.75, 3.05) is 9.80 Å². The van der Waals surface area contributed by atoms with E-state index in [1.54, 1.807) is 0 Å². The summed E-state index contributed by atoms with van der Waals surface area (Å²) in [6.45, 7) is 9.38. The SMILES string of the molecule is CCCCc1ccc2c(sc3ccccc32)c1N1c2cc(-n3c4ccccc4c4ccccc43)ccc2B2c3ccc(-n4c5ccccc5c5ccccc54)cc3N(c3c(-c4ccccc4)cccc3-c3ccccc3)c3cc(C(C)(C)C)cc1c32. The summed E-state index contributed by atoms with van der Waals surface area (Å²) < 4.78 is 7.63. The maximum absolute atomic E-state index is 2.76. The van der Waals surface area contributed by atoms with Gasteiger partial charge < -0.3 is 18.9 Å². The number of benzene rings is 12. The maximum Gasteiger partial charge on any atom is 0.252 e. The lowest BCUT2D eigenvalue weighted by molar-refractivity contribution is 0.590. The van der Waals surface area contributed by atoms with E-state index in [4.69, 9.17) is 0 Å². The summed E-state index contributed by atoms with van der Waals surface area (Å²) in [4.78, 5) is 5.46. The molecule has 410 valence electrons. The maximum atomic E-state index is 2.76. The van der Waals surface area contributed by atoms with Crippen LogP contribution in [0.2, 0.25) is 0 Å². The number of hydrogen-bond donors (Lipinski definition) is 0. The van der Waals surface area contributed by atoms with E-state index < -0.39 is 0 Å². The minimum Gasteiger partial charge on any atom is -0.310 e. The van der Waals surface area contributed by atoms with Crippen LogP contribution in [0.3, 0.4) is 0 Å². The standard InChI is InChI=1S/C80H61BN4S/c1-5-6-24-53-41-44-64-63-33-17-22-40-75(63)86-79(64)77(53)84-71-49-55(82-67-36-18-13-29-59(67)60-30-14-19-37-68(60)82)42-45-65(71)81-66-46-43-56(83-69-38-20-15-31-61(69)62-32-16-21-39-70(62)83)50-72(66)85(74-48-54(80(2,3)4)47-73(84)76(74)81)78-57(51-25-9-7-10-26-51)34-23-35-58(78)52-27-11-8-12-28-52/h7-23,25-50H,5-6,24H2,1-4H3. The minimum absolute atomic E-state index is 0.143. The molecule has 0 saturated heterocycles. The van der Waals surface area contributed by atoms with E-state index in [1.165, 1.54) is 142 Å². The first-order chi connectivity index (χ1) is 42.3. The molecule has 4 nitrogen and oxygen atoms in total. The summed E-state index contributed by atoms with van der Waals surface area (Å²) in [5, 5.41) is 7.61. The first-order valence-electron chi connectivity index (χ1n) is 30.5. The van der Waals surface area contributed by atoms with E-state index in [0.717, 1.165) is 36.3 Å². The van der Waals surface area contributed by atoms with Crippen molar-refractivity contribution >= 4 is 132 Å². The van der Waals surface area contributed by atoms with Crippen molar-refractivity contribution in [1.29, 1.82) is 0 Å². The highest BCUT2D eigenvalue weighted by atomic mass is 32.1. The van der Waals surface area contributed by atoms with Gasteiger partial charge in [-0.1, -0.05) is 228 Å². The van der Waals surface area contributed by atoms with Gasteiger partial charge in [0.05, 0.1) is 38.1 Å². The fourth-order valence-corrected chi connectivity index (χ4v) is 15.9. The Balaban J connectivity index is 1.04. The molecule has 0 fully saturated rings. The molecule has 0 unspecified atom stereocenters. The Morgan fingerprint density at radius 1 is 0.395 bits per heavy atom. The van der Waals surface area contributed by atoms with Gasteiger partial charge in [0.25, 0.3) is 6.71 Å². The molecule has 0 saturated carbocycles. The van der Waals surface area contributed by atoms with Gasteiger partial charge in [0, 0.05) is 82.3 Å². The largest absolute Gasteiger partial charge is 0.310 e. The number of aryl methyl sites for hydroxylation is 1. The highest BCUT2D eigenvalue weighted by Gasteiger charge is 2.46. The molecule has 0 aliphatic carbocycles. The van der Waals surface area contributed by atoms with Gasteiger partial charge in [-0.3, -0.25) is 0 Å². The second-order valence-corrected chi connectivity index (χ2v) is 25.6. The Morgan fingerprint density at radius 3 is 1.34 bits per heavy atom. The zero-order valence-electron chi connectivity index (χ0n) is 48.7. The van der Waals surface area contributed by atoms with E-state index in [1.807, 2.05) is 11.3 Å². The Hall–Kier alpha value is -9.88. The summed E-state index contributed by atoms with van der Waals surface area (Å²) in [7, 11) is 0. The predicted octanol–water partition coefficient (Wildman–Crippen LogP) is 20.3. The molecule has 5 heterocycles. The molecule has 0 amide bonds. The third kappa shape index (κ3) is 7.62. The molecule has 2 aliphatic heterocycles. The van der Waals surface area contributed by atoms with Crippen LogP contribution in [0.5, 0.6) is 0 Å². The van der Waals surface area contributed by atoms with Crippen molar-refractivity contribution in [2.24, 2.45) is 0 Å². The van der Waals surface area contributed by atoms with Crippen LogP contribution in [0.15, 0.2) is 261 Å². The molecule has 3 aromatic heterocycles. The van der Waals surface area contributed by atoms with E-state index in [0.29, 0.717) is 0 Å². The number of fused-ring (bicyclic) bond motifs is 13. The van der Waals surface area contributed by atoms with Crippen molar-refractivity contribution in [2.45, 2.75) is 52.4 Å². The summed E-state index contributed by atoms with van der Waals surface area (Å²) >= 11 is 1.95. The molecule has 6 heteroatoms. The molecule has 2 aliphatic rings. The van der Waals surface area contributed by atoms with Gasteiger partial charge in [-0.05, 0) is 124 Å². The lowest BCUT2D eigenvalue weighted by atomic mass is 9.33. The number of unbranched alkanes of at least 4 members (excludes halogenated alkanes) is 1. The average molecular weight is 1120 g/mol. The smallest absolute Gasteiger partial charge is 0.252 e. The van der Waals surface area contributed by atoms with Gasteiger partial charge in [0.1, 0.15) is 0 Å².